The fourth-order valence-electron chi connectivity index (χ4n) is 3.37. The first kappa shape index (κ1) is 18.2. The van der Waals surface area contributed by atoms with E-state index in [0.29, 0.717) is 22.2 Å². The second-order valence-corrected chi connectivity index (χ2v) is 8.59. The molecule has 1 aromatic carbocycles. The van der Waals surface area contributed by atoms with Gasteiger partial charge in [0.2, 0.25) is 10.9 Å². The van der Waals surface area contributed by atoms with Crippen LogP contribution < -0.4 is 10.5 Å². The van der Waals surface area contributed by atoms with Gasteiger partial charge in [0.25, 0.3) is 5.56 Å². The fraction of sp³-hybridized carbons (Fsp3) is 0.368. The summed E-state index contributed by atoms with van der Waals surface area (Å²) in [6, 6.07) is 9.76. The van der Waals surface area contributed by atoms with Gasteiger partial charge in [0.05, 0.1) is 11.4 Å². The Morgan fingerprint density at radius 2 is 2.19 bits per heavy atom. The molecule has 0 N–H and O–H groups in total. The Morgan fingerprint density at radius 1 is 1.37 bits per heavy atom. The van der Waals surface area contributed by atoms with Crippen LogP contribution >= 0.6 is 23.1 Å². The lowest BCUT2D eigenvalue weighted by atomic mass is 10.1. The average molecular weight is 401 g/mol. The number of carbonyl (C=O) groups excluding carboxylic acids is 1. The quantitative estimate of drug-likeness (QED) is 0.659. The predicted octanol–water partition coefficient (Wildman–Crippen LogP) is 2.92. The van der Waals surface area contributed by atoms with Gasteiger partial charge < -0.3 is 4.90 Å². The number of para-hydroxylation sites is 1. The van der Waals surface area contributed by atoms with Crippen molar-refractivity contribution >= 4 is 39.7 Å². The molecule has 0 fully saturated rings. The maximum Gasteiger partial charge on any atom is 0.275 e. The first-order chi connectivity index (χ1) is 13.1. The maximum absolute atomic E-state index is 12.7. The van der Waals surface area contributed by atoms with Gasteiger partial charge in [0.1, 0.15) is 5.01 Å². The highest BCUT2D eigenvalue weighted by Crippen LogP contribution is 2.32. The van der Waals surface area contributed by atoms with Crippen molar-refractivity contribution in [1.82, 2.24) is 14.6 Å². The lowest BCUT2D eigenvalue weighted by Crippen LogP contribution is -2.37. The summed E-state index contributed by atoms with van der Waals surface area (Å²) < 4.78 is 1.35. The molecule has 3 aromatic rings. The molecule has 2 aromatic heterocycles. The molecule has 0 saturated carbocycles. The second-order valence-electron chi connectivity index (χ2n) is 6.57. The van der Waals surface area contributed by atoms with Gasteiger partial charge in [0, 0.05) is 23.5 Å². The summed E-state index contributed by atoms with van der Waals surface area (Å²) in [5.74, 6) is 0.991. The molecule has 140 valence electrons. The summed E-state index contributed by atoms with van der Waals surface area (Å²) >= 11 is 2.92. The van der Waals surface area contributed by atoms with Gasteiger partial charge >= 0.3 is 0 Å². The van der Waals surface area contributed by atoms with E-state index >= 15 is 0 Å². The van der Waals surface area contributed by atoms with Crippen LogP contribution in [0.25, 0.3) is 4.96 Å². The third kappa shape index (κ3) is 3.51. The second kappa shape index (κ2) is 7.44. The molecule has 0 unspecified atom stereocenters. The van der Waals surface area contributed by atoms with Crippen molar-refractivity contribution in [2.45, 2.75) is 38.5 Å². The maximum atomic E-state index is 12.7. The van der Waals surface area contributed by atoms with Crippen molar-refractivity contribution < 1.29 is 4.79 Å². The highest BCUT2D eigenvalue weighted by molar-refractivity contribution is 7.99. The number of rotatable bonds is 5. The highest BCUT2D eigenvalue weighted by Gasteiger charge is 2.30. The molecule has 27 heavy (non-hydrogen) atoms. The third-order valence-electron chi connectivity index (χ3n) is 4.59. The number of benzene rings is 1. The SMILES string of the molecule is CCc1nn2c(=O)cc(CSCC(=O)N3c4ccccc4C[C@H]3C)nc2s1. The van der Waals surface area contributed by atoms with E-state index in [0.717, 1.165) is 23.5 Å². The zero-order valence-electron chi connectivity index (χ0n) is 15.2. The van der Waals surface area contributed by atoms with Crippen LogP contribution in [0.1, 0.15) is 30.1 Å². The first-order valence-electron chi connectivity index (χ1n) is 8.93. The van der Waals surface area contributed by atoms with Crippen LogP contribution in [0.5, 0.6) is 0 Å². The van der Waals surface area contributed by atoms with Gasteiger partial charge in [0.15, 0.2) is 0 Å². The number of thioether (sulfide) groups is 1. The van der Waals surface area contributed by atoms with Crippen molar-refractivity contribution in [2.75, 3.05) is 10.7 Å². The zero-order valence-corrected chi connectivity index (χ0v) is 16.8. The van der Waals surface area contributed by atoms with Crippen molar-refractivity contribution in [3.8, 4) is 0 Å². The van der Waals surface area contributed by atoms with E-state index in [2.05, 4.69) is 23.1 Å². The van der Waals surface area contributed by atoms with E-state index in [1.54, 1.807) is 0 Å². The van der Waals surface area contributed by atoms with E-state index in [-0.39, 0.29) is 17.5 Å². The molecule has 1 aliphatic rings. The molecule has 0 saturated heterocycles. The monoisotopic (exact) mass is 400 g/mol. The fourth-order valence-corrected chi connectivity index (χ4v) is 5.00. The molecule has 4 rings (SSSR count). The number of anilines is 1. The Balaban J connectivity index is 1.43. The normalized spacial score (nSPS) is 16.1. The first-order valence-corrected chi connectivity index (χ1v) is 10.9. The highest BCUT2D eigenvalue weighted by atomic mass is 32.2. The Bertz CT molecular complexity index is 1060. The van der Waals surface area contributed by atoms with E-state index in [1.165, 1.54) is 39.2 Å². The predicted molar refractivity (Wildman–Crippen MR) is 110 cm³/mol. The van der Waals surface area contributed by atoms with Crippen molar-refractivity contribution in [3.05, 3.63) is 57.0 Å². The summed E-state index contributed by atoms with van der Waals surface area (Å²) in [7, 11) is 0. The van der Waals surface area contributed by atoms with Gasteiger partial charge in [-0.3, -0.25) is 9.59 Å². The molecule has 0 aliphatic carbocycles. The molecule has 0 spiro atoms. The molecular formula is C19H20N4O2S2. The van der Waals surface area contributed by atoms with E-state index < -0.39 is 0 Å². The molecule has 3 heterocycles. The van der Waals surface area contributed by atoms with Crippen LogP contribution in [-0.4, -0.2) is 32.3 Å². The van der Waals surface area contributed by atoms with Crippen molar-refractivity contribution in [2.24, 2.45) is 0 Å². The number of hydrogen-bond donors (Lipinski definition) is 0. The Morgan fingerprint density at radius 3 is 3.00 bits per heavy atom. The Kier molecular flexibility index (Phi) is 5.01. The standard InChI is InChI=1S/C19H20N4O2S2/c1-3-16-21-23-17(24)9-14(20-19(23)27-16)10-26-11-18(25)22-12(2)8-13-6-4-5-7-15(13)22/h4-7,9,12H,3,8,10-11H2,1-2H3/t12-/m1/s1. The van der Waals surface area contributed by atoms with E-state index in [9.17, 15) is 9.59 Å². The minimum absolute atomic E-state index is 0.0984. The summed E-state index contributed by atoms with van der Waals surface area (Å²) in [5.41, 5.74) is 2.77. The summed E-state index contributed by atoms with van der Waals surface area (Å²) in [4.78, 5) is 32.0. The van der Waals surface area contributed by atoms with Crippen LogP contribution in [0.2, 0.25) is 0 Å². The molecule has 8 heteroatoms. The number of hydrogen-bond acceptors (Lipinski definition) is 6. The number of fused-ring (bicyclic) bond motifs is 2. The number of nitrogens with zero attached hydrogens (tertiary/aromatic N) is 4. The molecule has 1 aliphatic heterocycles. The summed E-state index contributed by atoms with van der Waals surface area (Å²) in [6.45, 7) is 4.08. The molecular weight excluding hydrogens is 380 g/mol. The van der Waals surface area contributed by atoms with E-state index in [4.69, 9.17) is 0 Å². The van der Waals surface area contributed by atoms with Crippen LogP contribution in [-0.2, 0) is 23.4 Å². The molecule has 6 nitrogen and oxygen atoms in total. The minimum Gasteiger partial charge on any atom is -0.308 e. The molecule has 1 amide bonds. The van der Waals surface area contributed by atoms with Crippen LogP contribution in [0, 0.1) is 0 Å². The number of amides is 1. The van der Waals surface area contributed by atoms with Crippen molar-refractivity contribution in [3.63, 3.8) is 0 Å². The van der Waals surface area contributed by atoms with Crippen LogP contribution in [0.15, 0.2) is 35.1 Å². The summed E-state index contributed by atoms with van der Waals surface area (Å²) in [6.07, 6.45) is 1.67. The lowest BCUT2D eigenvalue weighted by molar-refractivity contribution is -0.116. The van der Waals surface area contributed by atoms with Crippen LogP contribution in [0.3, 0.4) is 0 Å². The average Bonchev–Trinajstić information content (AvgIpc) is 3.21. The largest absolute Gasteiger partial charge is 0.308 e. The minimum atomic E-state index is -0.167. The van der Waals surface area contributed by atoms with Gasteiger partial charge in [-0.2, -0.15) is 9.61 Å². The summed E-state index contributed by atoms with van der Waals surface area (Å²) in [5, 5.41) is 5.14. The van der Waals surface area contributed by atoms with Gasteiger partial charge in [-0.1, -0.05) is 36.5 Å². The number of aryl methyl sites for hydroxylation is 1. The Hall–Kier alpha value is -2.19. The number of aromatic nitrogens is 3. The molecule has 1 atom stereocenters. The number of carbonyl (C=O) groups is 1. The van der Waals surface area contributed by atoms with Gasteiger partial charge in [-0.25, -0.2) is 4.98 Å². The molecule has 0 bridgehead atoms. The third-order valence-corrected chi connectivity index (χ3v) is 6.60. The van der Waals surface area contributed by atoms with Gasteiger partial charge in [-0.05, 0) is 31.4 Å². The van der Waals surface area contributed by atoms with Gasteiger partial charge in [-0.15, -0.1) is 11.8 Å². The van der Waals surface area contributed by atoms with Crippen LogP contribution in [0.4, 0.5) is 5.69 Å². The van der Waals surface area contributed by atoms with E-state index in [1.807, 2.05) is 30.0 Å². The lowest BCUT2D eigenvalue weighted by Gasteiger charge is -2.22. The van der Waals surface area contributed by atoms with Crippen molar-refractivity contribution in [1.29, 1.82) is 0 Å². The topological polar surface area (TPSA) is 67.6 Å². The molecule has 0 radical (unpaired) electrons. The zero-order chi connectivity index (χ0) is 19.0. The smallest absolute Gasteiger partial charge is 0.275 e. The Labute approximate surface area is 165 Å².